The van der Waals surface area contributed by atoms with Crippen molar-refractivity contribution in [1.82, 2.24) is 0 Å². The topological polar surface area (TPSA) is 29.1 Å². The Labute approximate surface area is 124 Å². The van der Waals surface area contributed by atoms with Crippen molar-refractivity contribution < 1.29 is 4.79 Å². The molecule has 2 aromatic carbocycles. The predicted octanol–water partition coefficient (Wildman–Crippen LogP) is 4.38. The smallest absolute Gasteiger partial charge is 0.232 e. The summed E-state index contributed by atoms with van der Waals surface area (Å²) >= 11 is 9.34. The van der Waals surface area contributed by atoms with Gasteiger partial charge in [-0.15, -0.1) is 0 Å². The van der Waals surface area contributed by atoms with E-state index in [4.69, 9.17) is 11.6 Å². The largest absolute Gasteiger partial charge is 0.324 e. The van der Waals surface area contributed by atoms with Gasteiger partial charge < -0.3 is 5.32 Å². The van der Waals surface area contributed by atoms with Crippen LogP contribution in [0.4, 0.5) is 5.69 Å². The third kappa shape index (κ3) is 2.40. The summed E-state index contributed by atoms with van der Waals surface area (Å²) in [6, 6.07) is 13.4. The van der Waals surface area contributed by atoms with Crippen LogP contribution in [-0.2, 0) is 11.2 Å². The molecule has 0 saturated heterocycles. The summed E-state index contributed by atoms with van der Waals surface area (Å²) in [6.07, 6.45) is 0.806. The summed E-state index contributed by atoms with van der Waals surface area (Å²) in [7, 11) is 0. The van der Waals surface area contributed by atoms with E-state index in [0.717, 1.165) is 16.5 Å². The number of carbonyl (C=O) groups excluding carboxylic acids is 1. The van der Waals surface area contributed by atoms with E-state index >= 15 is 0 Å². The van der Waals surface area contributed by atoms with Gasteiger partial charge in [-0.05, 0) is 51.7 Å². The minimum atomic E-state index is -0.0536. The van der Waals surface area contributed by atoms with E-state index < -0.39 is 0 Å². The second kappa shape index (κ2) is 4.99. The van der Waals surface area contributed by atoms with Gasteiger partial charge in [0.25, 0.3) is 0 Å². The molecule has 0 aliphatic heterocycles. The standard InChI is InChI=1S/C15H11BrClNO/c16-13-6-5-10(17)8-14(13)18-15(19)12-7-9-3-1-2-4-11(9)12/h1-6,8,12H,7H2,(H,18,19). The molecule has 2 nitrogen and oxygen atoms in total. The van der Waals surface area contributed by atoms with E-state index in [0.29, 0.717) is 10.7 Å². The van der Waals surface area contributed by atoms with Crippen LogP contribution >= 0.6 is 27.5 Å². The molecule has 1 amide bonds. The van der Waals surface area contributed by atoms with Gasteiger partial charge in [-0.1, -0.05) is 35.9 Å². The van der Waals surface area contributed by atoms with E-state index in [1.807, 2.05) is 24.3 Å². The molecule has 2 aromatic rings. The number of carbonyl (C=O) groups is 1. The molecule has 0 radical (unpaired) electrons. The molecule has 1 aliphatic carbocycles. The highest BCUT2D eigenvalue weighted by Gasteiger charge is 2.31. The molecular formula is C15H11BrClNO. The summed E-state index contributed by atoms with van der Waals surface area (Å²) in [5, 5.41) is 3.53. The number of rotatable bonds is 2. The van der Waals surface area contributed by atoms with Crippen LogP contribution in [0.25, 0.3) is 0 Å². The van der Waals surface area contributed by atoms with Gasteiger partial charge in [0, 0.05) is 9.50 Å². The molecule has 4 heteroatoms. The normalized spacial score (nSPS) is 16.4. The zero-order valence-electron chi connectivity index (χ0n) is 9.99. The first-order valence-corrected chi connectivity index (χ1v) is 7.16. The van der Waals surface area contributed by atoms with Crippen LogP contribution in [0.3, 0.4) is 0 Å². The van der Waals surface area contributed by atoms with E-state index in [-0.39, 0.29) is 11.8 Å². The molecule has 1 unspecified atom stereocenters. The fraction of sp³-hybridized carbons (Fsp3) is 0.133. The Balaban J connectivity index is 1.79. The number of benzene rings is 2. The maximum Gasteiger partial charge on any atom is 0.232 e. The van der Waals surface area contributed by atoms with Gasteiger partial charge in [0.05, 0.1) is 11.6 Å². The lowest BCUT2D eigenvalue weighted by Gasteiger charge is -2.29. The molecule has 96 valence electrons. The fourth-order valence-corrected chi connectivity index (χ4v) is 2.82. The number of hydrogen-bond acceptors (Lipinski definition) is 1. The van der Waals surface area contributed by atoms with Crippen LogP contribution in [0.2, 0.25) is 5.02 Å². The number of halogens is 2. The lowest BCUT2D eigenvalue weighted by molar-refractivity contribution is -0.118. The molecule has 1 aliphatic rings. The van der Waals surface area contributed by atoms with Crippen molar-refractivity contribution in [3.63, 3.8) is 0 Å². The second-order valence-electron chi connectivity index (χ2n) is 4.57. The van der Waals surface area contributed by atoms with Gasteiger partial charge in [-0.3, -0.25) is 4.79 Å². The Bertz CT molecular complexity index is 656. The Morgan fingerprint density at radius 2 is 2.05 bits per heavy atom. The first-order chi connectivity index (χ1) is 9.15. The lowest BCUT2D eigenvalue weighted by Crippen LogP contribution is -2.30. The average molecular weight is 337 g/mol. The average Bonchev–Trinajstić information content (AvgIpc) is 2.35. The third-order valence-corrected chi connectivity index (χ3v) is 4.28. The fourth-order valence-electron chi connectivity index (χ4n) is 2.31. The van der Waals surface area contributed by atoms with Crippen molar-refractivity contribution in [3.05, 3.63) is 63.1 Å². The number of amides is 1. The zero-order valence-corrected chi connectivity index (χ0v) is 12.3. The Hall–Kier alpha value is -1.32. The lowest BCUT2D eigenvalue weighted by atomic mass is 9.77. The van der Waals surface area contributed by atoms with Crippen molar-refractivity contribution in [2.45, 2.75) is 12.3 Å². The monoisotopic (exact) mass is 335 g/mol. The van der Waals surface area contributed by atoms with Crippen molar-refractivity contribution in [1.29, 1.82) is 0 Å². The third-order valence-electron chi connectivity index (χ3n) is 3.36. The number of anilines is 1. The van der Waals surface area contributed by atoms with Gasteiger partial charge in [-0.2, -0.15) is 0 Å². The first kappa shape index (κ1) is 12.7. The summed E-state index contributed by atoms with van der Waals surface area (Å²) < 4.78 is 0.831. The number of fused-ring (bicyclic) bond motifs is 1. The van der Waals surface area contributed by atoms with Crippen LogP contribution in [0, 0.1) is 0 Å². The quantitative estimate of drug-likeness (QED) is 0.866. The molecule has 0 bridgehead atoms. The maximum atomic E-state index is 12.2. The summed E-state index contributed by atoms with van der Waals surface area (Å²) in [5.41, 5.74) is 3.09. The zero-order chi connectivity index (χ0) is 13.4. The molecule has 1 N–H and O–H groups in total. The minimum absolute atomic E-state index is 0.0154. The highest BCUT2D eigenvalue weighted by Crippen LogP contribution is 2.36. The van der Waals surface area contributed by atoms with Crippen LogP contribution in [0.1, 0.15) is 17.0 Å². The molecule has 0 spiro atoms. The Morgan fingerprint density at radius 1 is 1.26 bits per heavy atom. The van der Waals surface area contributed by atoms with Crippen LogP contribution < -0.4 is 5.32 Å². The molecule has 0 heterocycles. The van der Waals surface area contributed by atoms with E-state index in [2.05, 4.69) is 27.3 Å². The molecular weight excluding hydrogens is 326 g/mol. The van der Waals surface area contributed by atoms with E-state index in [9.17, 15) is 4.79 Å². The van der Waals surface area contributed by atoms with Gasteiger partial charge in [0.2, 0.25) is 5.91 Å². The van der Waals surface area contributed by atoms with E-state index in [1.54, 1.807) is 12.1 Å². The van der Waals surface area contributed by atoms with Crippen LogP contribution in [-0.4, -0.2) is 5.91 Å². The molecule has 1 atom stereocenters. The van der Waals surface area contributed by atoms with Gasteiger partial charge in [0.1, 0.15) is 0 Å². The summed E-state index contributed by atoms with van der Waals surface area (Å²) in [5.74, 6) is -0.0382. The van der Waals surface area contributed by atoms with Gasteiger partial charge in [0.15, 0.2) is 0 Å². The van der Waals surface area contributed by atoms with Crippen molar-refractivity contribution in [2.75, 3.05) is 5.32 Å². The minimum Gasteiger partial charge on any atom is -0.324 e. The highest BCUT2D eigenvalue weighted by molar-refractivity contribution is 9.10. The highest BCUT2D eigenvalue weighted by atomic mass is 79.9. The number of hydrogen-bond donors (Lipinski definition) is 1. The van der Waals surface area contributed by atoms with E-state index in [1.165, 1.54) is 5.56 Å². The summed E-state index contributed by atoms with van der Waals surface area (Å²) in [4.78, 5) is 12.2. The van der Waals surface area contributed by atoms with Gasteiger partial charge >= 0.3 is 0 Å². The SMILES string of the molecule is O=C(Nc1cc(Cl)ccc1Br)C1Cc2ccccc21. The molecule has 3 rings (SSSR count). The summed E-state index contributed by atoms with van der Waals surface area (Å²) in [6.45, 7) is 0. The van der Waals surface area contributed by atoms with Crippen molar-refractivity contribution in [3.8, 4) is 0 Å². The van der Waals surface area contributed by atoms with Crippen molar-refractivity contribution in [2.24, 2.45) is 0 Å². The van der Waals surface area contributed by atoms with Crippen LogP contribution in [0.5, 0.6) is 0 Å². The first-order valence-electron chi connectivity index (χ1n) is 5.99. The maximum absolute atomic E-state index is 12.2. The predicted molar refractivity (Wildman–Crippen MR) is 80.7 cm³/mol. The molecule has 0 aromatic heterocycles. The Morgan fingerprint density at radius 3 is 2.84 bits per heavy atom. The van der Waals surface area contributed by atoms with Crippen molar-refractivity contribution >= 4 is 39.1 Å². The second-order valence-corrected chi connectivity index (χ2v) is 5.86. The number of nitrogens with one attached hydrogen (secondary N) is 1. The van der Waals surface area contributed by atoms with Crippen LogP contribution in [0.15, 0.2) is 46.9 Å². The Kier molecular flexibility index (Phi) is 3.33. The molecule has 0 saturated carbocycles. The van der Waals surface area contributed by atoms with Gasteiger partial charge in [-0.25, -0.2) is 0 Å². The molecule has 0 fully saturated rings. The molecule has 19 heavy (non-hydrogen) atoms.